The van der Waals surface area contributed by atoms with Crippen LogP contribution in [0.1, 0.15) is 26.5 Å². The molecule has 0 aliphatic rings. The van der Waals surface area contributed by atoms with Crippen molar-refractivity contribution in [3.63, 3.8) is 0 Å². The molecule has 3 aromatic rings. The summed E-state index contributed by atoms with van der Waals surface area (Å²) < 4.78 is 9.09. The Morgan fingerprint density at radius 3 is 2.68 bits per heavy atom. The van der Waals surface area contributed by atoms with E-state index in [2.05, 4.69) is 67.9 Å². The van der Waals surface area contributed by atoms with Crippen molar-refractivity contribution in [3.8, 4) is 17.6 Å². The molecule has 0 spiro atoms. The number of nitrogens with zero attached hydrogens (tertiary/aromatic N) is 5. The average molecular weight is 465 g/mol. The van der Waals surface area contributed by atoms with Crippen LogP contribution in [0.2, 0.25) is 0 Å². The number of halogens is 2. The zero-order chi connectivity index (χ0) is 18.2. The van der Waals surface area contributed by atoms with Crippen LogP contribution < -0.4 is 4.74 Å². The van der Waals surface area contributed by atoms with Gasteiger partial charge >= 0.3 is 0 Å². The zero-order valence-corrected chi connectivity index (χ0v) is 17.1. The van der Waals surface area contributed by atoms with Crippen LogP contribution in [0.15, 0.2) is 33.3 Å². The summed E-state index contributed by atoms with van der Waals surface area (Å²) in [7, 11) is 0. The molecule has 25 heavy (non-hydrogen) atoms. The van der Waals surface area contributed by atoms with E-state index in [0.717, 1.165) is 22.1 Å². The third kappa shape index (κ3) is 3.83. The van der Waals surface area contributed by atoms with Gasteiger partial charge in [-0.15, -0.1) is 5.10 Å². The maximum Gasteiger partial charge on any atom is 0.154 e. The highest BCUT2D eigenvalue weighted by Gasteiger charge is 2.18. The largest absolute Gasteiger partial charge is 0.454 e. The molecule has 128 valence electrons. The highest BCUT2D eigenvalue weighted by Crippen LogP contribution is 2.36. The molecule has 0 bridgehead atoms. The Kier molecular flexibility index (Phi) is 4.80. The molecule has 1 aromatic carbocycles. The van der Waals surface area contributed by atoms with E-state index in [9.17, 15) is 0 Å². The SMILES string of the molecule is CC(C)(C)Cn1nnc2c(Br)c(Oc3cnc(C#N)c(Br)c3)ccc21. The first-order valence-electron chi connectivity index (χ1n) is 7.54. The van der Waals surface area contributed by atoms with Gasteiger partial charge in [-0.3, -0.25) is 0 Å². The average Bonchev–Trinajstić information content (AvgIpc) is 2.92. The fraction of sp³-hybridized carbons (Fsp3) is 0.294. The van der Waals surface area contributed by atoms with E-state index in [1.807, 2.05) is 22.9 Å². The first kappa shape index (κ1) is 17.8. The van der Waals surface area contributed by atoms with E-state index in [0.29, 0.717) is 21.7 Å². The van der Waals surface area contributed by atoms with Crippen LogP contribution in [0.5, 0.6) is 11.5 Å². The van der Waals surface area contributed by atoms with Crippen LogP contribution in [0.4, 0.5) is 0 Å². The fourth-order valence-corrected chi connectivity index (χ4v) is 3.23. The second-order valence-corrected chi connectivity index (χ2v) is 8.42. The van der Waals surface area contributed by atoms with Gasteiger partial charge in [-0.25, -0.2) is 9.67 Å². The number of rotatable bonds is 3. The standard InChI is InChI=1S/C17H15Br2N5O/c1-17(2,3)9-24-13-4-5-14(15(19)16(13)22-23-24)25-10-6-11(18)12(7-20)21-8-10/h4-6,8H,9H2,1-3H3. The maximum atomic E-state index is 8.94. The number of hydrogen-bond donors (Lipinski definition) is 0. The van der Waals surface area contributed by atoms with E-state index < -0.39 is 0 Å². The molecule has 0 atom stereocenters. The normalized spacial score (nSPS) is 11.5. The van der Waals surface area contributed by atoms with E-state index in [1.54, 1.807) is 6.07 Å². The van der Waals surface area contributed by atoms with E-state index >= 15 is 0 Å². The molecule has 0 saturated heterocycles. The Morgan fingerprint density at radius 2 is 2.04 bits per heavy atom. The smallest absolute Gasteiger partial charge is 0.154 e. The molecule has 0 radical (unpaired) electrons. The second-order valence-electron chi connectivity index (χ2n) is 6.77. The Morgan fingerprint density at radius 1 is 1.28 bits per heavy atom. The minimum atomic E-state index is 0.0999. The van der Waals surface area contributed by atoms with Crippen LogP contribution in [0.25, 0.3) is 11.0 Å². The summed E-state index contributed by atoms with van der Waals surface area (Å²) in [5.74, 6) is 1.13. The molecule has 0 N–H and O–H groups in total. The Balaban J connectivity index is 1.95. The lowest BCUT2D eigenvalue weighted by Gasteiger charge is -2.18. The molecule has 0 amide bonds. The predicted molar refractivity (Wildman–Crippen MR) is 101 cm³/mol. The lowest BCUT2D eigenvalue weighted by molar-refractivity contribution is 0.327. The molecule has 0 saturated carbocycles. The Hall–Kier alpha value is -1.98. The number of fused-ring (bicyclic) bond motifs is 1. The molecule has 0 fully saturated rings. The van der Waals surface area contributed by atoms with E-state index in [1.165, 1.54) is 6.20 Å². The quantitative estimate of drug-likeness (QED) is 0.541. The van der Waals surface area contributed by atoms with Crippen molar-refractivity contribution in [2.45, 2.75) is 27.3 Å². The summed E-state index contributed by atoms with van der Waals surface area (Å²) in [5, 5.41) is 17.5. The molecule has 6 nitrogen and oxygen atoms in total. The number of pyridine rings is 1. The topological polar surface area (TPSA) is 76.6 Å². The first-order valence-corrected chi connectivity index (χ1v) is 9.12. The van der Waals surface area contributed by atoms with Crippen LogP contribution >= 0.6 is 31.9 Å². The van der Waals surface area contributed by atoms with E-state index in [4.69, 9.17) is 10.00 Å². The summed E-state index contributed by atoms with van der Waals surface area (Å²) in [6.45, 7) is 7.23. The van der Waals surface area contributed by atoms with Gasteiger partial charge in [0.05, 0.1) is 20.7 Å². The third-order valence-corrected chi connectivity index (χ3v) is 4.73. The minimum Gasteiger partial charge on any atom is -0.454 e. The van der Waals surface area contributed by atoms with Crippen molar-refractivity contribution < 1.29 is 4.74 Å². The van der Waals surface area contributed by atoms with Crippen molar-refractivity contribution >= 4 is 42.9 Å². The summed E-state index contributed by atoms with van der Waals surface area (Å²) in [4.78, 5) is 4.05. The molecule has 2 aromatic heterocycles. The molecule has 0 aliphatic carbocycles. The first-order chi connectivity index (χ1) is 11.8. The molecule has 0 unspecified atom stereocenters. The molecular weight excluding hydrogens is 450 g/mol. The highest BCUT2D eigenvalue weighted by molar-refractivity contribution is 9.11. The van der Waals surface area contributed by atoms with Gasteiger partial charge in [0.2, 0.25) is 0 Å². The van der Waals surface area contributed by atoms with Crippen LogP contribution in [-0.2, 0) is 6.54 Å². The fourth-order valence-electron chi connectivity index (χ4n) is 2.32. The monoisotopic (exact) mass is 463 g/mol. The van der Waals surface area contributed by atoms with Crippen LogP contribution in [-0.4, -0.2) is 20.0 Å². The number of ether oxygens (including phenoxy) is 1. The molecule has 8 heteroatoms. The molecule has 0 aliphatic heterocycles. The lowest BCUT2D eigenvalue weighted by atomic mass is 9.97. The minimum absolute atomic E-state index is 0.0999. The molecule has 2 heterocycles. The molecule has 3 rings (SSSR count). The summed E-state index contributed by atoms with van der Waals surface area (Å²) in [6.07, 6.45) is 1.51. The van der Waals surface area contributed by atoms with Crippen molar-refractivity contribution in [2.75, 3.05) is 0 Å². The van der Waals surface area contributed by atoms with Gasteiger partial charge in [0.1, 0.15) is 23.1 Å². The van der Waals surface area contributed by atoms with Gasteiger partial charge in [0, 0.05) is 6.54 Å². The second kappa shape index (κ2) is 6.73. The van der Waals surface area contributed by atoms with Gasteiger partial charge < -0.3 is 4.74 Å². The third-order valence-electron chi connectivity index (χ3n) is 3.36. The zero-order valence-electron chi connectivity index (χ0n) is 13.9. The summed E-state index contributed by atoms with van der Waals surface area (Å²) in [6, 6.07) is 7.51. The number of nitriles is 1. The lowest BCUT2D eigenvalue weighted by Crippen LogP contribution is -2.16. The highest BCUT2D eigenvalue weighted by atomic mass is 79.9. The summed E-state index contributed by atoms with van der Waals surface area (Å²) >= 11 is 6.86. The number of hydrogen-bond acceptors (Lipinski definition) is 5. The Bertz CT molecular complexity index is 985. The number of aromatic nitrogens is 4. The van der Waals surface area contributed by atoms with Gasteiger partial charge in [-0.05, 0) is 55.5 Å². The van der Waals surface area contributed by atoms with Crippen molar-refractivity contribution in [3.05, 3.63) is 39.0 Å². The summed E-state index contributed by atoms with van der Waals surface area (Å²) in [5.41, 5.74) is 2.09. The van der Waals surface area contributed by atoms with Crippen LogP contribution in [0, 0.1) is 16.7 Å². The van der Waals surface area contributed by atoms with Gasteiger partial charge in [0.15, 0.2) is 5.69 Å². The van der Waals surface area contributed by atoms with Crippen molar-refractivity contribution in [1.29, 1.82) is 5.26 Å². The molecular formula is C17H15Br2N5O. The van der Waals surface area contributed by atoms with Gasteiger partial charge in [-0.1, -0.05) is 26.0 Å². The van der Waals surface area contributed by atoms with Crippen molar-refractivity contribution in [1.82, 2.24) is 20.0 Å². The van der Waals surface area contributed by atoms with Gasteiger partial charge in [0.25, 0.3) is 0 Å². The number of benzene rings is 1. The maximum absolute atomic E-state index is 8.94. The van der Waals surface area contributed by atoms with E-state index in [-0.39, 0.29) is 5.41 Å². The van der Waals surface area contributed by atoms with Crippen LogP contribution in [0.3, 0.4) is 0 Å². The van der Waals surface area contributed by atoms with Crippen molar-refractivity contribution in [2.24, 2.45) is 5.41 Å². The Labute approximate surface area is 162 Å². The van der Waals surface area contributed by atoms with Gasteiger partial charge in [-0.2, -0.15) is 5.26 Å². The predicted octanol–water partition coefficient (Wildman–Crippen LogP) is 5.06.